The molecule has 6 nitrogen and oxygen atoms in total. The van der Waals surface area contributed by atoms with E-state index in [4.69, 9.17) is 38.2 Å². The third-order valence-electron chi connectivity index (χ3n) is 4.12. The van der Waals surface area contributed by atoms with Gasteiger partial charge in [-0.05, 0) is 23.3 Å². The summed E-state index contributed by atoms with van der Waals surface area (Å²) >= 11 is 0. The maximum atomic E-state index is 13.5. The summed E-state index contributed by atoms with van der Waals surface area (Å²) in [6, 6.07) is 12.1. The monoisotopic (exact) mass is 393 g/mol. The van der Waals surface area contributed by atoms with Crippen molar-refractivity contribution in [2.75, 3.05) is 0 Å². The first-order valence-corrected chi connectivity index (χ1v) is 9.25. The number of benzene rings is 2. The van der Waals surface area contributed by atoms with Crippen LogP contribution in [0.15, 0.2) is 66.2 Å². The van der Waals surface area contributed by atoms with Gasteiger partial charge >= 0.3 is 10.1 Å². The summed E-state index contributed by atoms with van der Waals surface area (Å²) < 4.78 is 46.2. The average Bonchev–Trinajstić information content (AvgIpc) is 2.86. The van der Waals surface area contributed by atoms with E-state index in [0.29, 0.717) is 0 Å². The maximum absolute atomic E-state index is 13.5. The Hall–Kier alpha value is -2.68. The van der Waals surface area contributed by atoms with Crippen LogP contribution >= 0.6 is 0 Å². The van der Waals surface area contributed by atoms with Crippen LogP contribution in [0, 0.1) is 5.82 Å². The molecule has 0 aromatic heterocycles. The molecular formula is C17H11B3FNO5S. The molecule has 0 saturated heterocycles. The molecule has 28 heavy (non-hydrogen) atoms. The number of hydrogen-bond donors (Lipinski definition) is 1. The van der Waals surface area contributed by atoms with E-state index in [1.54, 1.807) is 6.07 Å². The molecular weight excluding hydrogens is 382 g/mol. The molecule has 1 aliphatic heterocycles. The number of rotatable bonds is 5. The van der Waals surface area contributed by atoms with Gasteiger partial charge in [0.05, 0.1) is 20.2 Å². The van der Waals surface area contributed by atoms with Gasteiger partial charge in [-0.25, -0.2) is 4.39 Å². The highest BCUT2D eigenvalue weighted by molar-refractivity contribution is 7.90. The van der Waals surface area contributed by atoms with Crippen LogP contribution < -0.4 is 5.73 Å². The predicted octanol–water partition coefficient (Wildman–Crippen LogP) is 0.368. The van der Waals surface area contributed by atoms with Crippen LogP contribution in [0.2, 0.25) is 0 Å². The van der Waals surface area contributed by atoms with Crippen molar-refractivity contribution < 1.29 is 26.5 Å². The molecule has 0 aliphatic carbocycles. The van der Waals surface area contributed by atoms with Crippen molar-refractivity contribution in [2.45, 2.75) is 10.0 Å². The fourth-order valence-corrected chi connectivity index (χ4v) is 3.50. The second-order valence-corrected chi connectivity index (χ2v) is 7.82. The van der Waals surface area contributed by atoms with E-state index in [9.17, 15) is 17.6 Å². The second kappa shape index (κ2) is 6.74. The summed E-state index contributed by atoms with van der Waals surface area (Å²) in [6.45, 7) is 0. The van der Waals surface area contributed by atoms with Gasteiger partial charge in [0.1, 0.15) is 13.7 Å². The molecule has 1 aliphatic rings. The van der Waals surface area contributed by atoms with Crippen LogP contribution in [-0.2, 0) is 33.9 Å². The molecule has 0 bridgehead atoms. The van der Waals surface area contributed by atoms with Gasteiger partial charge in [0.25, 0.3) is 0 Å². The number of nitrogens with two attached hydrogens (primary N) is 1. The zero-order valence-electron chi connectivity index (χ0n) is 14.3. The van der Waals surface area contributed by atoms with Gasteiger partial charge in [0.15, 0.2) is 5.50 Å². The minimum Gasteiger partial charge on any atom is -0.467 e. The van der Waals surface area contributed by atoms with E-state index in [1.807, 2.05) is 0 Å². The van der Waals surface area contributed by atoms with Gasteiger partial charge < -0.3 is 14.7 Å². The predicted molar refractivity (Wildman–Crippen MR) is 101 cm³/mol. The summed E-state index contributed by atoms with van der Waals surface area (Å²) in [5, 5.41) is 0. The van der Waals surface area contributed by atoms with E-state index < -0.39 is 43.4 Å². The van der Waals surface area contributed by atoms with Crippen molar-refractivity contribution in [3.63, 3.8) is 0 Å². The fourth-order valence-electron chi connectivity index (χ4n) is 2.56. The SMILES string of the molecule is [B]C([B])(c1ccccc1)S(=O)(=O)OC1=C(N)O[C@]([B])(c2cccc(F)c2)C1=O. The van der Waals surface area contributed by atoms with Gasteiger partial charge in [-0.15, -0.1) is 0 Å². The van der Waals surface area contributed by atoms with Crippen molar-refractivity contribution in [3.8, 4) is 0 Å². The molecule has 136 valence electrons. The third kappa shape index (κ3) is 3.19. The zero-order valence-corrected chi connectivity index (χ0v) is 15.1. The minimum absolute atomic E-state index is 0.00433. The number of Topliss-reactive ketones (excluding diaryl/α,β-unsaturated/α-hetero) is 1. The number of carbonyl (C=O) groups is 1. The van der Waals surface area contributed by atoms with Crippen LogP contribution in [0.3, 0.4) is 0 Å². The standard InChI is InChI=1S/C17H11B3FNO5S/c18-16(11-7-4-8-12(21)9-11)14(23)13(15(22)26-16)27-28(24,25)17(19,20)10-5-2-1-3-6-10/h1-9H,22H2/t16-/m1/s1. The highest BCUT2D eigenvalue weighted by atomic mass is 32.2. The topological polar surface area (TPSA) is 95.7 Å². The lowest BCUT2D eigenvalue weighted by Gasteiger charge is -2.26. The molecule has 0 fully saturated rings. The molecule has 11 heteroatoms. The smallest absolute Gasteiger partial charge is 0.302 e. The largest absolute Gasteiger partial charge is 0.467 e. The Bertz CT molecular complexity index is 1080. The van der Waals surface area contributed by atoms with Crippen LogP contribution in [-0.4, -0.2) is 37.7 Å². The Morgan fingerprint density at radius 3 is 2.36 bits per heavy atom. The van der Waals surface area contributed by atoms with Crippen molar-refractivity contribution in [1.29, 1.82) is 0 Å². The summed E-state index contributed by atoms with van der Waals surface area (Å²) in [5.41, 5.74) is 3.25. The normalized spacial score (nSPS) is 20.1. The van der Waals surface area contributed by atoms with Crippen LogP contribution in [0.1, 0.15) is 11.1 Å². The lowest BCUT2D eigenvalue weighted by atomic mass is 9.65. The molecule has 6 radical (unpaired) electrons. The van der Waals surface area contributed by atoms with E-state index in [1.165, 1.54) is 36.4 Å². The lowest BCUT2D eigenvalue weighted by Crippen LogP contribution is -2.40. The van der Waals surface area contributed by atoms with E-state index in [0.717, 1.165) is 12.1 Å². The van der Waals surface area contributed by atoms with Crippen LogP contribution in [0.5, 0.6) is 0 Å². The number of carbonyl (C=O) groups excluding carboxylic acids is 1. The maximum Gasteiger partial charge on any atom is 0.302 e. The first-order valence-electron chi connectivity index (χ1n) is 7.85. The summed E-state index contributed by atoms with van der Waals surface area (Å²) in [5.74, 6) is -3.43. The molecule has 0 saturated carbocycles. The average molecular weight is 393 g/mol. The quantitative estimate of drug-likeness (QED) is 0.583. The van der Waals surface area contributed by atoms with Gasteiger partial charge in [-0.3, -0.25) is 4.79 Å². The molecule has 1 heterocycles. The molecule has 1 atom stereocenters. The molecule has 2 aromatic rings. The van der Waals surface area contributed by atoms with Gasteiger partial charge in [0, 0.05) is 0 Å². The number of ketones is 1. The Morgan fingerprint density at radius 1 is 1.11 bits per heavy atom. The van der Waals surface area contributed by atoms with E-state index >= 15 is 0 Å². The summed E-state index contributed by atoms with van der Waals surface area (Å²) in [7, 11) is 12.6. The number of hydrogen-bond acceptors (Lipinski definition) is 6. The molecule has 3 rings (SSSR count). The second-order valence-electron chi connectivity index (χ2n) is 6.07. The van der Waals surface area contributed by atoms with Crippen molar-refractivity contribution in [2.24, 2.45) is 5.73 Å². The fraction of sp³-hybridized carbons (Fsp3) is 0.118. The summed E-state index contributed by atoms with van der Waals surface area (Å²) in [6.07, 6.45) is 0. The van der Waals surface area contributed by atoms with Gasteiger partial charge in [-0.1, -0.05) is 42.5 Å². The molecule has 0 unspecified atom stereocenters. The Labute approximate surface area is 165 Å². The first-order chi connectivity index (χ1) is 13.0. The number of halogens is 1. The van der Waals surface area contributed by atoms with Crippen molar-refractivity contribution >= 4 is 39.4 Å². The molecule has 2 N–H and O–H groups in total. The number of ether oxygens (including phenoxy) is 1. The third-order valence-corrected chi connectivity index (χ3v) is 5.57. The zero-order chi connectivity index (χ0) is 20.7. The Balaban J connectivity index is 1.94. The first kappa shape index (κ1) is 20.1. The summed E-state index contributed by atoms with van der Waals surface area (Å²) in [4.78, 5) is 12.7. The van der Waals surface area contributed by atoms with E-state index in [2.05, 4.69) is 0 Å². The van der Waals surface area contributed by atoms with Crippen LogP contribution in [0.4, 0.5) is 4.39 Å². The Kier molecular flexibility index (Phi) is 4.83. The lowest BCUT2D eigenvalue weighted by molar-refractivity contribution is -0.126. The molecule has 0 spiro atoms. The van der Waals surface area contributed by atoms with Gasteiger partial charge in [-0.2, -0.15) is 8.42 Å². The van der Waals surface area contributed by atoms with Crippen molar-refractivity contribution in [3.05, 3.63) is 83.2 Å². The molecule has 0 amide bonds. The van der Waals surface area contributed by atoms with E-state index in [-0.39, 0.29) is 11.1 Å². The van der Waals surface area contributed by atoms with Crippen LogP contribution in [0.25, 0.3) is 0 Å². The highest BCUT2D eigenvalue weighted by Crippen LogP contribution is 2.38. The Morgan fingerprint density at radius 2 is 1.75 bits per heavy atom. The molecule has 2 aromatic carbocycles. The van der Waals surface area contributed by atoms with Crippen molar-refractivity contribution in [1.82, 2.24) is 0 Å². The van der Waals surface area contributed by atoms with Gasteiger partial charge in [0.2, 0.25) is 17.4 Å². The minimum atomic E-state index is -4.82. The highest BCUT2D eigenvalue weighted by Gasteiger charge is 2.50.